The maximum absolute atomic E-state index is 12.5. The molecule has 2 aromatic carbocycles. The molecule has 0 aromatic heterocycles. The van der Waals surface area contributed by atoms with E-state index < -0.39 is 6.03 Å². The van der Waals surface area contributed by atoms with E-state index in [9.17, 15) is 14.9 Å². The van der Waals surface area contributed by atoms with Crippen molar-refractivity contribution in [3.63, 3.8) is 0 Å². The average molecular weight is 531 g/mol. The molecule has 160 valence electrons. The third-order valence-electron chi connectivity index (χ3n) is 4.56. The number of urea groups is 1. The number of amides is 3. The van der Waals surface area contributed by atoms with Gasteiger partial charge in [0.25, 0.3) is 5.91 Å². The van der Waals surface area contributed by atoms with Crippen LogP contribution in [0.4, 0.5) is 4.79 Å². The Morgan fingerprint density at radius 1 is 1.19 bits per heavy atom. The van der Waals surface area contributed by atoms with Crippen molar-refractivity contribution in [2.45, 2.75) is 26.9 Å². The van der Waals surface area contributed by atoms with Crippen molar-refractivity contribution in [1.29, 1.82) is 5.26 Å². The number of benzene rings is 2. The number of ether oxygens (including phenoxy) is 2. The molecule has 1 aliphatic heterocycles. The van der Waals surface area contributed by atoms with Gasteiger partial charge in [0.1, 0.15) is 12.3 Å². The van der Waals surface area contributed by atoms with Crippen LogP contribution in [-0.2, 0) is 11.4 Å². The molecule has 3 rings (SSSR count). The topological polar surface area (TPSA) is 91.7 Å². The highest BCUT2D eigenvalue weighted by Crippen LogP contribution is 2.36. The number of nitrogens with one attached hydrogen (secondary N) is 1. The number of hydrogen-bond donors (Lipinski definition) is 1. The first-order valence-corrected chi connectivity index (χ1v) is 11.0. The van der Waals surface area contributed by atoms with Gasteiger partial charge in [0.05, 0.1) is 21.8 Å². The fourth-order valence-corrected chi connectivity index (χ4v) is 3.93. The standard InChI is InChI=1S/C23H22IN3O4/c1-3-9-27-22(28)19(26-23(27)29)11-15-10-18(24)21(20(12-15)30-4-2)31-14-17-8-6-5-7-16(17)13-25/h5-8,10-12H,3-4,9,14H2,1-2H3,(H,26,29)/b19-11+. The number of carbonyl (C=O) groups is 2. The molecule has 0 aliphatic carbocycles. The van der Waals surface area contributed by atoms with Gasteiger partial charge in [-0.3, -0.25) is 9.69 Å². The lowest BCUT2D eigenvalue weighted by Gasteiger charge is -2.15. The van der Waals surface area contributed by atoms with Gasteiger partial charge in [0, 0.05) is 12.1 Å². The van der Waals surface area contributed by atoms with Crippen LogP contribution in [0.1, 0.15) is 37.0 Å². The smallest absolute Gasteiger partial charge is 0.329 e. The zero-order valence-corrected chi connectivity index (χ0v) is 19.4. The SMILES string of the molecule is CCCN1C(=O)N/C(=C/c2cc(I)c(OCc3ccccc3C#N)c(OCC)c2)C1=O. The van der Waals surface area contributed by atoms with Crippen LogP contribution in [0.25, 0.3) is 6.08 Å². The van der Waals surface area contributed by atoms with Crippen LogP contribution in [-0.4, -0.2) is 30.0 Å². The number of nitriles is 1. The van der Waals surface area contributed by atoms with Crippen LogP contribution in [0, 0.1) is 14.9 Å². The largest absolute Gasteiger partial charge is 0.490 e. The Kier molecular flexibility index (Phi) is 7.52. The molecule has 1 saturated heterocycles. The highest BCUT2D eigenvalue weighted by molar-refractivity contribution is 14.1. The van der Waals surface area contributed by atoms with Gasteiger partial charge in [0.2, 0.25) is 0 Å². The number of rotatable bonds is 8. The molecule has 1 heterocycles. The van der Waals surface area contributed by atoms with Crippen molar-refractivity contribution >= 4 is 40.6 Å². The van der Waals surface area contributed by atoms with Crippen LogP contribution in [0.3, 0.4) is 0 Å². The van der Waals surface area contributed by atoms with E-state index >= 15 is 0 Å². The maximum Gasteiger partial charge on any atom is 0.329 e. The molecule has 0 atom stereocenters. The zero-order valence-electron chi connectivity index (χ0n) is 17.3. The third-order valence-corrected chi connectivity index (χ3v) is 5.36. The number of imide groups is 1. The number of halogens is 1. The third kappa shape index (κ3) is 5.17. The van der Waals surface area contributed by atoms with E-state index in [4.69, 9.17) is 9.47 Å². The van der Waals surface area contributed by atoms with Crippen LogP contribution >= 0.6 is 22.6 Å². The Morgan fingerprint density at radius 3 is 2.68 bits per heavy atom. The molecular formula is C23H22IN3O4. The van der Waals surface area contributed by atoms with Gasteiger partial charge in [-0.25, -0.2) is 4.79 Å². The lowest BCUT2D eigenvalue weighted by atomic mass is 10.1. The summed E-state index contributed by atoms with van der Waals surface area (Å²) in [5, 5.41) is 11.9. The summed E-state index contributed by atoms with van der Waals surface area (Å²) in [6.07, 6.45) is 2.33. The predicted octanol–water partition coefficient (Wildman–Crippen LogP) is 4.44. The first-order chi connectivity index (χ1) is 15.0. The Morgan fingerprint density at radius 2 is 1.97 bits per heavy atom. The van der Waals surface area contributed by atoms with Crippen LogP contribution in [0.5, 0.6) is 11.5 Å². The van der Waals surface area contributed by atoms with E-state index in [0.717, 1.165) is 9.13 Å². The molecule has 7 nitrogen and oxygen atoms in total. The summed E-state index contributed by atoms with van der Waals surface area (Å²) in [5.41, 5.74) is 2.28. The summed E-state index contributed by atoms with van der Waals surface area (Å²) >= 11 is 2.14. The molecule has 31 heavy (non-hydrogen) atoms. The fraction of sp³-hybridized carbons (Fsp3) is 0.261. The van der Waals surface area contributed by atoms with Gasteiger partial charge < -0.3 is 14.8 Å². The molecule has 8 heteroatoms. The minimum Gasteiger partial charge on any atom is -0.490 e. The Bertz CT molecular complexity index is 1070. The van der Waals surface area contributed by atoms with Crippen molar-refractivity contribution < 1.29 is 19.1 Å². The van der Waals surface area contributed by atoms with Gasteiger partial charge in [0.15, 0.2) is 11.5 Å². The molecule has 1 N–H and O–H groups in total. The second kappa shape index (κ2) is 10.3. The van der Waals surface area contributed by atoms with E-state index in [1.165, 1.54) is 4.90 Å². The summed E-state index contributed by atoms with van der Waals surface area (Å²) in [6, 6.07) is 12.6. The lowest BCUT2D eigenvalue weighted by molar-refractivity contribution is -0.122. The molecule has 1 fully saturated rings. The lowest BCUT2D eigenvalue weighted by Crippen LogP contribution is -2.31. The van der Waals surface area contributed by atoms with Crippen molar-refractivity contribution in [3.05, 3.63) is 62.4 Å². The molecule has 0 unspecified atom stereocenters. The van der Waals surface area contributed by atoms with E-state index in [0.29, 0.717) is 42.2 Å². The van der Waals surface area contributed by atoms with Crippen molar-refractivity contribution in [2.24, 2.45) is 0 Å². The number of carbonyl (C=O) groups excluding carboxylic acids is 2. The summed E-state index contributed by atoms with van der Waals surface area (Å²) in [7, 11) is 0. The second-order valence-corrected chi connectivity index (χ2v) is 7.93. The molecule has 0 spiro atoms. The van der Waals surface area contributed by atoms with Crippen LogP contribution < -0.4 is 14.8 Å². The summed E-state index contributed by atoms with van der Waals surface area (Å²) < 4.78 is 12.6. The minimum atomic E-state index is -0.408. The quantitative estimate of drug-likeness (QED) is 0.309. The second-order valence-electron chi connectivity index (χ2n) is 6.77. The molecule has 2 aromatic rings. The van der Waals surface area contributed by atoms with Crippen LogP contribution in [0.2, 0.25) is 0 Å². The first kappa shape index (κ1) is 22.6. The molecule has 0 radical (unpaired) electrons. The molecule has 3 amide bonds. The van der Waals surface area contributed by atoms with Crippen LogP contribution in [0.15, 0.2) is 42.1 Å². The molecule has 1 aliphatic rings. The predicted molar refractivity (Wildman–Crippen MR) is 124 cm³/mol. The normalized spacial score (nSPS) is 14.5. The summed E-state index contributed by atoms with van der Waals surface area (Å²) in [4.78, 5) is 25.7. The van der Waals surface area contributed by atoms with Gasteiger partial charge in [-0.1, -0.05) is 25.1 Å². The van der Waals surface area contributed by atoms with E-state index in [1.807, 2.05) is 38.1 Å². The molecule has 0 saturated carbocycles. The van der Waals surface area contributed by atoms with Crippen molar-refractivity contribution in [3.8, 4) is 17.6 Å². The molecule has 0 bridgehead atoms. The van der Waals surface area contributed by atoms with E-state index in [-0.39, 0.29) is 18.2 Å². The Labute approximate surface area is 194 Å². The number of nitrogens with zero attached hydrogens (tertiary/aromatic N) is 2. The zero-order chi connectivity index (χ0) is 22.4. The van der Waals surface area contributed by atoms with E-state index in [2.05, 4.69) is 34.0 Å². The minimum absolute atomic E-state index is 0.223. The van der Waals surface area contributed by atoms with E-state index in [1.54, 1.807) is 18.2 Å². The first-order valence-electron chi connectivity index (χ1n) is 9.90. The average Bonchev–Trinajstić information content (AvgIpc) is 3.01. The van der Waals surface area contributed by atoms with Crippen molar-refractivity contribution in [2.75, 3.05) is 13.2 Å². The Hall–Kier alpha value is -3.06. The Balaban J connectivity index is 1.88. The summed E-state index contributed by atoms with van der Waals surface area (Å²) in [5.74, 6) is 0.748. The monoisotopic (exact) mass is 531 g/mol. The highest BCUT2D eigenvalue weighted by atomic mass is 127. The van der Waals surface area contributed by atoms with Gasteiger partial charge in [-0.2, -0.15) is 5.26 Å². The van der Waals surface area contributed by atoms with Gasteiger partial charge in [-0.05, 0) is 65.8 Å². The molecular weight excluding hydrogens is 509 g/mol. The number of hydrogen-bond acceptors (Lipinski definition) is 5. The van der Waals surface area contributed by atoms with Gasteiger partial charge in [-0.15, -0.1) is 0 Å². The maximum atomic E-state index is 12.5. The summed E-state index contributed by atoms with van der Waals surface area (Å²) in [6.45, 7) is 4.81. The van der Waals surface area contributed by atoms with Crippen molar-refractivity contribution in [1.82, 2.24) is 10.2 Å². The van der Waals surface area contributed by atoms with Gasteiger partial charge >= 0.3 is 6.03 Å². The fourth-order valence-electron chi connectivity index (χ4n) is 3.14. The highest BCUT2D eigenvalue weighted by Gasteiger charge is 2.32.